The molecule has 11 aromatic rings. The summed E-state index contributed by atoms with van der Waals surface area (Å²) in [5.41, 5.74) is 21.1. The van der Waals surface area contributed by atoms with Gasteiger partial charge in [0.1, 0.15) is 0 Å². The van der Waals surface area contributed by atoms with Crippen LogP contribution < -0.4 is 9.80 Å². The van der Waals surface area contributed by atoms with Gasteiger partial charge in [0.05, 0.1) is 0 Å². The molecule has 328 valence electrons. The summed E-state index contributed by atoms with van der Waals surface area (Å²) in [6, 6.07) is 97.5. The molecule has 2 heteroatoms. The maximum Gasteiger partial charge on any atom is 0.0488 e. The Labute approximate surface area is 405 Å². The van der Waals surface area contributed by atoms with Gasteiger partial charge in [0, 0.05) is 39.5 Å². The van der Waals surface area contributed by atoms with Gasteiger partial charge in [0.25, 0.3) is 0 Å². The topological polar surface area (TPSA) is 6.48 Å². The molecule has 0 atom stereocenters. The predicted octanol–water partition coefficient (Wildman–Crippen LogP) is 18.8. The lowest BCUT2D eigenvalue weighted by atomic mass is 9.82. The number of hydrogen-bond donors (Lipinski definition) is 0. The summed E-state index contributed by atoms with van der Waals surface area (Å²) in [6.45, 7) is 4.73. The number of nitrogens with zero attached hydrogens (tertiary/aromatic N) is 2. The second kappa shape index (κ2) is 17.5. The van der Waals surface area contributed by atoms with Crippen LogP contribution in [0.1, 0.15) is 25.0 Å². The van der Waals surface area contributed by atoms with Crippen LogP contribution in [-0.4, -0.2) is 0 Å². The number of hydrogen-bond acceptors (Lipinski definition) is 2. The van der Waals surface area contributed by atoms with Crippen LogP contribution in [0, 0.1) is 0 Å². The summed E-state index contributed by atoms with van der Waals surface area (Å²) in [5.74, 6) is 0. The third-order valence-electron chi connectivity index (χ3n) is 14.0. The molecule has 1 aliphatic rings. The van der Waals surface area contributed by atoms with Crippen LogP contribution in [0.4, 0.5) is 34.1 Å². The van der Waals surface area contributed by atoms with Crippen molar-refractivity contribution in [2.24, 2.45) is 0 Å². The zero-order chi connectivity index (χ0) is 46.3. The normalized spacial score (nSPS) is 12.3. The minimum Gasteiger partial charge on any atom is -0.310 e. The maximum absolute atomic E-state index is 2.46. The Bertz CT molecular complexity index is 3520. The highest BCUT2D eigenvalue weighted by Gasteiger charge is 2.36. The number of benzene rings is 11. The van der Waals surface area contributed by atoms with Crippen molar-refractivity contribution in [3.63, 3.8) is 0 Å². The van der Waals surface area contributed by atoms with Gasteiger partial charge in [-0.25, -0.2) is 0 Å². The fraction of sp³-hybridized carbons (Fsp3) is 0.0448. The minimum atomic E-state index is -0.164. The average molecular weight is 883 g/mol. The van der Waals surface area contributed by atoms with E-state index in [0.717, 1.165) is 45.3 Å². The molecule has 0 unspecified atom stereocenters. The average Bonchev–Trinajstić information content (AvgIpc) is 3.64. The van der Waals surface area contributed by atoms with E-state index in [-0.39, 0.29) is 5.41 Å². The molecule has 0 aliphatic heterocycles. The van der Waals surface area contributed by atoms with Crippen molar-refractivity contribution in [2.75, 3.05) is 9.80 Å². The van der Waals surface area contributed by atoms with Gasteiger partial charge in [0.2, 0.25) is 0 Å². The van der Waals surface area contributed by atoms with E-state index in [2.05, 4.69) is 291 Å². The number of anilines is 6. The fourth-order valence-corrected chi connectivity index (χ4v) is 10.6. The van der Waals surface area contributed by atoms with Crippen LogP contribution in [0.15, 0.2) is 267 Å². The van der Waals surface area contributed by atoms with Crippen molar-refractivity contribution in [1.29, 1.82) is 0 Å². The molecule has 12 rings (SSSR count). The molecule has 0 saturated carbocycles. The van der Waals surface area contributed by atoms with Gasteiger partial charge in [-0.15, -0.1) is 0 Å². The van der Waals surface area contributed by atoms with E-state index in [9.17, 15) is 0 Å². The van der Waals surface area contributed by atoms with Gasteiger partial charge >= 0.3 is 0 Å². The van der Waals surface area contributed by atoms with Crippen molar-refractivity contribution < 1.29 is 0 Å². The monoisotopic (exact) mass is 882 g/mol. The molecule has 2 nitrogen and oxygen atoms in total. The molecule has 1 aliphatic carbocycles. The number of para-hydroxylation sites is 2. The summed E-state index contributed by atoms with van der Waals surface area (Å²) in [7, 11) is 0. The van der Waals surface area contributed by atoms with Gasteiger partial charge in [-0.3, -0.25) is 0 Å². The van der Waals surface area contributed by atoms with Gasteiger partial charge < -0.3 is 9.80 Å². The lowest BCUT2D eigenvalue weighted by Crippen LogP contribution is -2.17. The van der Waals surface area contributed by atoms with Gasteiger partial charge in [-0.1, -0.05) is 214 Å². The Morgan fingerprint density at radius 2 is 0.710 bits per heavy atom. The molecular weight excluding hydrogens is 833 g/mol. The van der Waals surface area contributed by atoms with Gasteiger partial charge in [-0.2, -0.15) is 0 Å². The molecule has 0 bridgehead atoms. The summed E-state index contributed by atoms with van der Waals surface area (Å²) in [4.78, 5) is 4.84. The van der Waals surface area contributed by atoms with Crippen molar-refractivity contribution >= 4 is 44.9 Å². The molecule has 69 heavy (non-hydrogen) atoms. The Balaban J connectivity index is 1.08. The van der Waals surface area contributed by atoms with E-state index in [0.29, 0.717) is 0 Å². The summed E-state index contributed by atoms with van der Waals surface area (Å²) < 4.78 is 0. The standard InChI is InChI=1S/C67H50N2/c1-67(2)64-33-18-17-30-62(64)63-41-40-57(46-65(63)67)69(56-39-38-47-20-15-16-25-52(47)42-56)59-44-53(43-58(45-59)68(54-26-11-5-12-27-54)55-28-13-6-14-29-55)48-34-36-51(37-35-48)66-60(49-21-7-3-8-22-49)31-19-32-61(66)50-23-9-4-10-24-50/h3-46H,1-2H3. The second-order valence-electron chi connectivity index (χ2n) is 18.5. The Morgan fingerprint density at radius 3 is 1.33 bits per heavy atom. The molecule has 0 radical (unpaired) electrons. The van der Waals surface area contributed by atoms with Crippen molar-refractivity contribution in [3.8, 4) is 55.6 Å². The summed E-state index contributed by atoms with van der Waals surface area (Å²) >= 11 is 0. The van der Waals surface area contributed by atoms with Crippen molar-refractivity contribution in [2.45, 2.75) is 19.3 Å². The number of fused-ring (bicyclic) bond motifs is 4. The first-order valence-corrected chi connectivity index (χ1v) is 23.9. The second-order valence-corrected chi connectivity index (χ2v) is 18.5. The van der Waals surface area contributed by atoms with Gasteiger partial charge in [0.15, 0.2) is 0 Å². The van der Waals surface area contributed by atoms with E-state index in [1.165, 1.54) is 66.4 Å². The molecule has 0 heterocycles. The molecule has 0 fully saturated rings. The van der Waals surface area contributed by atoms with E-state index in [1.807, 2.05) is 0 Å². The van der Waals surface area contributed by atoms with Crippen LogP contribution >= 0.6 is 0 Å². The van der Waals surface area contributed by atoms with Crippen LogP contribution in [0.25, 0.3) is 66.4 Å². The van der Waals surface area contributed by atoms with E-state index < -0.39 is 0 Å². The predicted molar refractivity (Wildman–Crippen MR) is 293 cm³/mol. The Hall–Kier alpha value is -8.72. The first-order chi connectivity index (χ1) is 34.0. The van der Waals surface area contributed by atoms with Gasteiger partial charge in [-0.05, 0) is 144 Å². The quantitative estimate of drug-likeness (QED) is 0.135. The third-order valence-corrected chi connectivity index (χ3v) is 14.0. The van der Waals surface area contributed by atoms with Crippen LogP contribution in [0.5, 0.6) is 0 Å². The molecule has 11 aromatic carbocycles. The first kappa shape index (κ1) is 41.7. The Morgan fingerprint density at radius 1 is 0.246 bits per heavy atom. The molecule has 0 N–H and O–H groups in total. The van der Waals surface area contributed by atoms with Crippen molar-refractivity contribution in [3.05, 3.63) is 278 Å². The highest BCUT2D eigenvalue weighted by molar-refractivity contribution is 5.96. The van der Waals surface area contributed by atoms with E-state index >= 15 is 0 Å². The first-order valence-electron chi connectivity index (χ1n) is 23.9. The number of rotatable bonds is 10. The van der Waals surface area contributed by atoms with E-state index in [4.69, 9.17) is 0 Å². The van der Waals surface area contributed by atoms with Crippen LogP contribution in [0.2, 0.25) is 0 Å². The van der Waals surface area contributed by atoms with Crippen LogP contribution in [0.3, 0.4) is 0 Å². The fourth-order valence-electron chi connectivity index (χ4n) is 10.6. The zero-order valence-electron chi connectivity index (χ0n) is 38.8. The lowest BCUT2D eigenvalue weighted by molar-refractivity contribution is 0.660. The maximum atomic E-state index is 2.46. The zero-order valence-corrected chi connectivity index (χ0v) is 38.8. The highest BCUT2D eigenvalue weighted by Crippen LogP contribution is 2.52. The largest absolute Gasteiger partial charge is 0.310 e. The van der Waals surface area contributed by atoms with E-state index in [1.54, 1.807) is 0 Å². The Kier molecular flexibility index (Phi) is 10.6. The smallest absolute Gasteiger partial charge is 0.0488 e. The molecule has 0 saturated heterocycles. The molecule has 0 amide bonds. The van der Waals surface area contributed by atoms with Crippen molar-refractivity contribution in [1.82, 2.24) is 0 Å². The molecule has 0 spiro atoms. The SMILES string of the molecule is CC1(C)c2ccccc2-c2ccc(N(c3cc(-c4ccc(-c5c(-c6ccccc6)cccc5-c5ccccc5)cc4)cc(N(c4ccccc4)c4ccccc4)c3)c3ccc4ccccc4c3)cc21. The van der Waals surface area contributed by atoms with Crippen LogP contribution in [-0.2, 0) is 5.41 Å². The lowest BCUT2D eigenvalue weighted by Gasteiger charge is -2.31. The molecule has 0 aromatic heterocycles. The summed E-state index contributed by atoms with van der Waals surface area (Å²) in [6.07, 6.45) is 0. The molecular formula is C67H50N2. The highest BCUT2D eigenvalue weighted by atomic mass is 15.2. The minimum absolute atomic E-state index is 0.164. The summed E-state index contributed by atoms with van der Waals surface area (Å²) in [5, 5.41) is 2.41. The third kappa shape index (κ3) is 7.67.